The molecule has 1 fully saturated rings. The summed E-state index contributed by atoms with van der Waals surface area (Å²) >= 11 is 0. The zero-order valence-corrected chi connectivity index (χ0v) is 18.0. The van der Waals surface area contributed by atoms with Gasteiger partial charge in [-0.2, -0.15) is 0 Å². The van der Waals surface area contributed by atoms with Gasteiger partial charge in [-0.1, -0.05) is 18.2 Å². The molecule has 0 saturated heterocycles. The molecule has 1 aliphatic carbocycles. The number of hydrogen-bond acceptors (Lipinski definition) is 4. The van der Waals surface area contributed by atoms with Crippen LogP contribution >= 0.6 is 0 Å². The number of nitrogens with zero attached hydrogens (tertiary/aromatic N) is 1. The minimum absolute atomic E-state index is 0.125. The summed E-state index contributed by atoms with van der Waals surface area (Å²) in [6.07, 6.45) is 2.41. The Balaban J connectivity index is 1.47. The Labute approximate surface area is 177 Å². The van der Waals surface area contributed by atoms with Crippen molar-refractivity contribution in [1.82, 2.24) is 0 Å². The fourth-order valence-electron chi connectivity index (χ4n) is 3.85. The first-order chi connectivity index (χ1) is 14.3. The fraction of sp³-hybridized carbons (Fsp3) is 0.391. The Hall–Kier alpha value is -2.67. The number of anilines is 2. The van der Waals surface area contributed by atoms with Crippen LogP contribution in [-0.2, 0) is 25.8 Å². The van der Waals surface area contributed by atoms with E-state index in [1.165, 1.54) is 0 Å². The molecule has 0 aromatic heterocycles. The van der Waals surface area contributed by atoms with Crippen molar-refractivity contribution in [2.75, 3.05) is 16.8 Å². The lowest BCUT2D eigenvalue weighted by Crippen LogP contribution is -2.30. The molecule has 2 aromatic carbocycles. The van der Waals surface area contributed by atoms with E-state index in [4.69, 9.17) is 0 Å². The van der Waals surface area contributed by atoms with Crippen LogP contribution in [0.25, 0.3) is 0 Å². The molecule has 1 heterocycles. The van der Waals surface area contributed by atoms with Crippen molar-refractivity contribution in [1.29, 1.82) is 0 Å². The van der Waals surface area contributed by atoms with E-state index in [1.54, 1.807) is 36.1 Å². The van der Waals surface area contributed by atoms with E-state index in [-0.39, 0.29) is 29.0 Å². The molecular formula is C23H26N2O4S. The largest absolute Gasteiger partial charge is 0.326 e. The molecule has 1 atom stereocenters. The van der Waals surface area contributed by atoms with E-state index in [9.17, 15) is 18.0 Å². The summed E-state index contributed by atoms with van der Waals surface area (Å²) in [5.41, 5.74) is 3.30. The van der Waals surface area contributed by atoms with Crippen LogP contribution in [0, 0.1) is 12.8 Å². The summed E-state index contributed by atoms with van der Waals surface area (Å²) < 4.78 is 26.1. The number of fused-ring (bicyclic) bond motifs is 1. The van der Waals surface area contributed by atoms with Gasteiger partial charge < -0.3 is 10.2 Å². The van der Waals surface area contributed by atoms with Gasteiger partial charge in [-0.3, -0.25) is 9.59 Å². The molecule has 2 aliphatic rings. The SMILES string of the molecule is Cc1ccccc1NC(=O)C[C@@H](C)S(=O)(=O)c1ccc2c(c1)CCN2C(=O)C1CC1. The quantitative estimate of drug-likeness (QED) is 0.766. The Bertz CT molecular complexity index is 1110. The van der Waals surface area contributed by atoms with Gasteiger partial charge in [0.2, 0.25) is 11.8 Å². The van der Waals surface area contributed by atoms with Crippen molar-refractivity contribution in [3.05, 3.63) is 53.6 Å². The molecule has 30 heavy (non-hydrogen) atoms. The van der Waals surface area contributed by atoms with E-state index in [0.717, 1.165) is 29.7 Å². The lowest BCUT2D eigenvalue weighted by Gasteiger charge is -2.18. The van der Waals surface area contributed by atoms with Crippen LogP contribution in [-0.4, -0.2) is 32.0 Å². The van der Waals surface area contributed by atoms with E-state index < -0.39 is 15.1 Å². The lowest BCUT2D eigenvalue weighted by atomic mass is 10.2. The average molecular weight is 427 g/mol. The Morgan fingerprint density at radius 3 is 2.60 bits per heavy atom. The summed E-state index contributed by atoms with van der Waals surface area (Å²) in [5, 5.41) is 1.94. The summed E-state index contributed by atoms with van der Waals surface area (Å²) in [6.45, 7) is 4.04. The summed E-state index contributed by atoms with van der Waals surface area (Å²) in [6, 6.07) is 12.3. The second kappa shape index (κ2) is 7.87. The van der Waals surface area contributed by atoms with Crippen LogP contribution in [0.1, 0.15) is 37.3 Å². The first kappa shape index (κ1) is 20.6. The first-order valence-corrected chi connectivity index (χ1v) is 11.9. The maximum Gasteiger partial charge on any atom is 0.230 e. The standard InChI is InChI=1S/C23H26N2O4S/c1-15-5-3-4-6-20(15)24-22(26)13-16(2)30(28,29)19-9-10-21-18(14-19)11-12-25(21)23(27)17-7-8-17/h3-6,9-10,14,16-17H,7-8,11-13H2,1-2H3,(H,24,26)/t16-/m1/s1. The van der Waals surface area contributed by atoms with Crippen LogP contribution in [0.3, 0.4) is 0 Å². The van der Waals surface area contributed by atoms with Crippen molar-refractivity contribution in [2.45, 2.75) is 49.7 Å². The van der Waals surface area contributed by atoms with Crippen molar-refractivity contribution in [2.24, 2.45) is 5.92 Å². The van der Waals surface area contributed by atoms with Gasteiger partial charge in [0.15, 0.2) is 9.84 Å². The third-order valence-corrected chi connectivity index (χ3v) is 8.03. The Kier molecular flexibility index (Phi) is 5.40. The second-order valence-electron chi connectivity index (χ2n) is 8.23. The van der Waals surface area contributed by atoms with Gasteiger partial charge >= 0.3 is 0 Å². The second-order valence-corrected chi connectivity index (χ2v) is 10.6. The predicted octanol–water partition coefficient (Wildman–Crippen LogP) is 3.49. The molecule has 1 N–H and O–H groups in total. The highest BCUT2D eigenvalue weighted by molar-refractivity contribution is 7.92. The fourth-order valence-corrected chi connectivity index (χ4v) is 5.25. The highest BCUT2D eigenvalue weighted by atomic mass is 32.2. The normalized spacial score (nSPS) is 16.8. The van der Waals surface area contributed by atoms with Gasteiger partial charge in [-0.25, -0.2) is 8.42 Å². The summed E-state index contributed by atoms with van der Waals surface area (Å²) in [4.78, 5) is 26.8. The number of nitrogens with one attached hydrogen (secondary N) is 1. The van der Waals surface area contributed by atoms with Gasteiger partial charge in [0.25, 0.3) is 0 Å². The van der Waals surface area contributed by atoms with Crippen LogP contribution in [0.2, 0.25) is 0 Å². The molecule has 1 saturated carbocycles. The van der Waals surface area contributed by atoms with Crippen LogP contribution < -0.4 is 10.2 Å². The Morgan fingerprint density at radius 2 is 1.90 bits per heavy atom. The number of aryl methyl sites for hydroxylation is 1. The minimum atomic E-state index is -3.66. The van der Waals surface area contributed by atoms with Crippen molar-refractivity contribution in [3.8, 4) is 0 Å². The van der Waals surface area contributed by atoms with E-state index in [2.05, 4.69) is 5.32 Å². The number of rotatable bonds is 6. The van der Waals surface area contributed by atoms with Crippen LogP contribution in [0.15, 0.2) is 47.4 Å². The molecule has 0 unspecified atom stereocenters. The number of amides is 2. The molecule has 1 aliphatic heterocycles. The molecular weight excluding hydrogens is 400 g/mol. The predicted molar refractivity (Wildman–Crippen MR) is 116 cm³/mol. The number of hydrogen-bond donors (Lipinski definition) is 1. The van der Waals surface area contributed by atoms with E-state index in [1.807, 2.05) is 25.1 Å². The number of carbonyl (C=O) groups is 2. The summed E-state index contributed by atoms with van der Waals surface area (Å²) in [7, 11) is -3.66. The molecule has 2 aromatic rings. The molecule has 158 valence electrons. The van der Waals surface area contributed by atoms with Gasteiger partial charge in [-0.15, -0.1) is 0 Å². The van der Waals surface area contributed by atoms with Gasteiger partial charge in [0.1, 0.15) is 0 Å². The highest BCUT2D eigenvalue weighted by Crippen LogP contribution is 2.37. The summed E-state index contributed by atoms with van der Waals surface area (Å²) in [5.74, 6) is -0.0560. The molecule has 0 bridgehead atoms. The zero-order chi connectivity index (χ0) is 21.5. The van der Waals surface area contributed by atoms with Gasteiger partial charge in [0.05, 0.1) is 10.1 Å². The van der Waals surface area contributed by atoms with Gasteiger partial charge in [-0.05, 0) is 68.5 Å². The highest BCUT2D eigenvalue weighted by Gasteiger charge is 2.37. The minimum Gasteiger partial charge on any atom is -0.326 e. The van der Waals surface area contributed by atoms with Crippen LogP contribution in [0.4, 0.5) is 11.4 Å². The molecule has 4 rings (SSSR count). The van der Waals surface area contributed by atoms with Crippen molar-refractivity contribution >= 4 is 33.0 Å². The van der Waals surface area contributed by atoms with Gasteiger partial charge in [0, 0.05) is 30.3 Å². The lowest BCUT2D eigenvalue weighted by molar-refractivity contribution is -0.119. The maximum absolute atomic E-state index is 13.1. The first-order valence-electron chi connectivity index (χ1n) is 10.3. The molecule has 7 heteroatoms. The Morgan fingerprint density at radius 1 is 1.17 bits per heavy atom. The van der Waals surface area contributed by atoms with Crippen molar-refractivity contribution in [3.63, 3.8) is 0 Å². The number of para-hydroxylation sites is 1. The number of benzene rings is 2. The smallest absolute Gasteiger partial charge is 0.230 e. The number of carbonyl (C=O) groups excluding carboxylic acids is 2. The number of sulfone groups is 1. The zero-order valence-electron chi connectivity index (χ0n) is 17.2. The molecule has 0 radical (unpaired) electrons. The third-order valence-electron chi connectivity index (χ3n) is 5.89. The third kappa shape index (κ3) is 3.99. The molecule has 0 spiro atoms. The van der Waals surface area contributed by atoms with E-state index in [0.29, 0.717) is 18.7 Å². The monoisotopic (exact) mass is 426 g/mol. The average Bonchev–Trinajstić information content (AvgIpc) is 3.48. The molecule has 6 nitrogen and oxygen atoms in total. The van der Waals surface area contributed by atoms with Crippen molar-refractivity contribution < 1.29 is 18.0 Å². The van der Waals surface area contributed by atoms with Crippen LogP contribution in [0.5, 0.6) is 0 Å². The topological polar surface area (TPSA) is 83.6 Å². The van der Waals surface area contributed by atoms with E-state index >= 15 is 0 Å². The maximum atomic E-state index is 13.1. The molecule has 2 amide bonds.